The molecule has 22 heavy (non-hydrogen) atoms. The molecule has 1 amide bonds. The molecule has 0 radical (unpaired) electrons. The van der Waals surface area contributed by atoms with E-state index >= 15 is 0 Å². The van der Waals surface area contributed by atoms with Crippen molar-refractivity contribution >= 4 is 23.4 Å². The topological polar surface area (TPSA) is 29.5 Å². The lowest BCUT2D eigenvalue weighted by molar-refractivity contribution is -0.120. The van der Waals surface area contributed by atoms with Gasteiger partial charge >= 0.3 is 0 Å². The fourth-order valence-corrected chi connectivity index (χ4v) is 3.52. The first-order valence-corrected chi connectivity index (χ1v) is 8.45. The smallest absolute Gasteiger partial charge is 0.264 e. The van der Waals surface area contributed by atoms with Crippen molar-refractivity contribution in [1.29, 1.82) is 0 Å². The zero-order valence-corrected chi connectivity index (χ0v) is 13.4. The van der Waals surface area contributed by atoms with Gasteiger partial charge in [-0.15, -0.1) is 11.8 Å². The van der Waals surface area contributed by atoms with Gasteiger partial charge in [0.25, 0.3) is 5.91 Å². The van der Waals surface area contributed by atoms with Crippen LogP contribution in [0.5, 0.6) is 5.75 Å². The van der Waals surface area contributed by atoms with Crippen LogP contribution in [0.4, 0.5) is 5.69 Å². The summed E-state index contributed by atoms with van der Waals surface area (Å²) >= 11 is 1.81. The normalized spacial score (nSPS) is 14.1. The Morgan fingerprint density at radius 2 is 1.95 bits per heavy atom. The molecule has 4 heteroatoms. The predicted molar refractivity (Wildman–Crippen MR) is 90.8 cm³/mol. The van der Waals surface area contributed by atoms with Crippen LogP contribution in [0.25, 0.3) is 0 Å². The van der Waals surface area contributed by atoms with Gasteiger partial charge in [-0.25, -0.2) is 0 Å². The lowest BCUT2D eigenvalue weighted by atomic mass is 10.2. The Bertz CT molecular complexity index is 672. The lowest BCUT2D eigenvalue weighted by Crippen LogP contribution is -2.35. The zero-order valence-electron chi connectivity index (χ0n) is 12.6. The number of ether oxygens (including phenoxy) is 1. The monoisotopic (exact) mass is 313 g/mol. The average molecular weight is 313 g/mol. The Labute approximate surface area is 135 Å². The van der Waals surface area contributed by atoms with Gasteiger partial charge in [0.15, 0.2) is 6.61 Å². The molecule has 3 nitrogen and oxygen atoms in total. The molecule has 0 spiro atoms. The largest absolute Gasteiger partial charge is 0.483 e. The highest BCUT2D eigenvalue weighted by Crippen LogP contribution is 2.33. The second kappa shape index (κ2) is 6.88. The number of anilines is 1. The molecule has 2 aromatic rings. The second-order valence-electron chi connectivity index (χ2n) is 5.27. The van der Waals surface area contributed by atoms with Gasteiger partial charge in [0.2, 0.25) is 0 Å². The molecule has 0 fully saturated rings. The molecule has 0 saturated heterocycles. The molecule has 0 unspecified atom stereocenters. The van der Waals surface area contributed by atoms with Crippen LogP contribution < -0.4 is 9.64 Å². The van der Waals surface area contributed by atoms with Gasteiger partial charge in [-0.3, -0.25) is 4.79 Å². The second-order valence-corrected chi connectivity index (χ2v) is 6.41. The van der Waals surface area contributed by atoms with Gasteiger partial charge in [0, 0.05) is 11.4 Å². The first kappa shape index (κ1) is 15.0. The third-order valence-electron chi connectivity index (χ3n) is 3.69. The van der Waals surface area contributed by atoms with E-state index in [9.17, 15) is 4.79 Å². The van der Waals surface area contributed by atoms with E-state index < -0.39 is 0 Å². The van der Waals surface area contributed by atoms with Crippen LogP contribution in [0, 0.1) is 6.92 Å². The van der Waals surface area contributed by atoms with Crippen LogP contribution in [0.3, 0.4) is 0 Å². The Kier molecular flexibility index (Phi) is 4.68. The van der Waals surface area contributed by atoms with Crippen LogP contribution in [0.2, 0.25) is 0 Å². The number of nitrogens with zero attached hydrogens (tertiary/aromatic N) is 1. The number of hydrogen-bond donors (Lipinski definition) is 0. The maximum Gasteiger partial charge on any atom is 0.264 e. The van der Waals surface area contributed by atoms with Crippen molar-refractivity contribution in [1.82, 2.24) is 0 Å². The van der Waals surface area contributed by atoms with Gasteiger partial charge in [0.05, 0.1) is 5.69 Å². The van der Waals surface area contributed by atoms with Crippen LogP contribution in [0.15, 0.2) is 53.4 Å². The molecule has 2 aromatic carbocycles. The summed E-state index contributed by atoms with van der Waals surface area (Å²) in [4.78, 5) is 15.6. The van der Waals surface area contributed by atoms with E-state index in [0.717, 1.165) is 35.7 Å². The van der Waals surface area contributed by atoms with Gasteiger partial charge in [-0.05, 0) is 42.9 Å². The summed E-state index contributed by atoms with van der Waals surface area (Å²) in [5.41, 5.74) is 2.05. The first-order chi connectivity index (χ1) is 10.8. The molecule has 0 atom stereocenters. The quantitative estimate of drug-likeness (QED) is 0.860. The minimum Gasteiger partial charge on any atom is -0.483 e. The fraction of sp³-hybridized carbons (Fsp3) is 0.278. The molecule has 114 valence electrons. The highest BCUT2D eigenvalue weighted by molar-refractivity contribution is 7.99. The highest BCUT2D eigenvalue weighted by Gasteiger charge is 2.21. The number of benzene rings is 2. The lowest BCUT2D eigenvalue weighted by Gasteiger charge is -2.22. The number of hydrogen-bond acceptors (Lipinski definition) is 3. The molecule has 0 aromatic heterocycles. The summed E-state index contributed by atoms with van der Waals surface area (Å²) in [6, 6.07) is 15.9. The SMILES string of the molecule is Cc1ccccc1OCC(=O)N1CCCSc2ccccc21. The number of aryl methyl sites for hydroxylation is 1. The van der Waals surface area contributed by atoms with Gasteiger partial charge in [0.1, 0.15) is 5.75 Å². The molecule has 1 aliphatic rings. The van der Waals surface area contributed by atoms with Crippen LogP contribution in [-0.4, -0.2) is 24.8 Å². The summed E-state index contributed by atoms with van der Waals surface area (Å²) in [6.45, 7) is 2.81. The van der Waals surface area contributed by atoms with Crippen molar-refractivity contribution in [3.8, 4) is 5.75 Å². The van der Waals surface area contributed by atoms with E-state index in [1.807, 2.05) is 66.1 Å². The summed E-state index contributed by atoms with van der Waals surface area (Å²) in [5, 5.41) is 0. The molecule has 1 heterocycles. The fourth-order valence-electron chi connectivity index (χ4n) is 2.52. The molecular formula is C18H19NO2S. The van der Waals surface area contributed by atoms with Crippen molar-refractivity contribution in [3.05, 3.63) is 54.1 Å². The Hall–Kier alpha value is -1.94. The summed E-state index contributed by atoms with van der Waals surface area (Å²) in [7, 11) is 0. The standard InChI is InChI=1S/C18H19NO2S/c1-14-7-2-4-9-16(14)21-13-18(20)19-11-6-12-22-17-10-5-3-8-15(17)19/h2-5,7-10H,6,11-13H2,1H3. The predicted octanol–water partition coefficient (Wildman–Crippen LogP) is 3.90. The van der Waals surface area contributed by atoms with Crippen molar-refractivity contribution in [2.45, 2.75) is 18.2 Å². The van der Waals surface area contributed by atoms with Crippen molar-refractivity contribution in [3.63, 3.8) is 0 Å². The average Bonchev–Trinajstić information content (AvgIpc) is 2.76. The number of thioether (sulfide) groups is 1. The maximum absolute atomic E-state index is 12.6. The molecule has 1 aliphatic heterocycles. The molecule has 3 rings (SSSR count). The van der Waals surface area contributed by atoms with E-state index in [1.165, 1.54) is 4.90 Å². The molecule has 0 bridgehead atoms. The Morgan fingerprint density at radius 1 is 1.18 bits per heavy atom. The molecular weight excluding hydrogens is 294 g/mol. The Balaban J connectivity index is 1.73. The molecule has 0 aliphatic carbocycles. The van der Waals surface area contributed by atoms with Gasteiger partial charge in [-0.2, -0.15) is 0 Å². The number of rotatable bonds is 3. The first-order valence-electron chi connectivity index (χ1n) is 7.46. The van der Waals surface area contributed by atoms with Crippen LogP contribution >= 0.6 is 11.8 Å². The van der Waals surface area contributed by atoms with E-state index in [4.69, 9.17) is 4.74 Å². The third-order valence-corrected chi connectivity index (χ3v) is 4.83. The number of para-hydroxylation sites is 2. The summed E-state index contributed by atoms with van der Waals surface area (Å²) in [6.07, 6.45) is 0.995. The van der Waals surface area contributed by atoms with Crippen molar-refractivity contribution < 1.29 is 9.53 Å². The van der Waals surface area contributed by atoms with Gasteiger partial charge < -0.3 is 9.64 Å². The zero-order chi connectivity index (χ0) is 15.4. The summed E-state index contributed by atoms with van der Waals surface area (Å²) in [5.74, 6) is 1.82. The van der Waals surface area contributed by atoms with Crippen LogP contribution in [-0.2, 0) is 4.79 Å². The van der Waals surface area contributed by atoms with Crippen molar-refractivity contribution in [2.24, 2.45) is 0 Å². The molecule has 0 saturated carbocycles. The summed E-state index contributed by atoms with van der Waals surface area (Å²) < 4.78 is 5.71. The minimum atomic E-state index is 0.0122. The van der Waals surface area contributed by atoms with Crippen LogP contribution in [0.1, 0.15) is 12.0 Å². The Morgan fingerprint density at radius 3 is 2.82 bits per heavy atom. The molecule has 0 N–H and O–H groups in total. The number of fused-ring (bicyclic) bond motifs is 1. The van der Waals surface area contributed by atoms with E-state index in [0.29, 0.717) is 0 Å². The van der Waals surface area contributed by atoms with Gasteiger partial charge in [-0.1, -0.05) is 30.3 Å². The van der Waals surface area contributed by atoms with E-state index in [-0.39, 0.29) is 12.5 Å². The van der Waals surface area contributed by atoms with E-state index in [2.05, 4.69) is 6.07 Å². The highest BCUT2D eigenvalue weighted by atomic mass is 32.2. The number of carbonyl (C=O) groups is 1. The maximum atomic E-state index is 12.6. The van der Waals surface area contributed by atoms with E-state index in [1.54, 1.807) is 0 Å². The van der Waals surface area contributed by atoms with Crippen molar-refractivity contribution in [2.75, 3.05) is 23.8 Å². The third kappa shape index (κ3) is 3.28. The number of amides is 1. The minimum absolute atomic E-state index is 0.0122. The number of carbonyl (C=O) groups excluding carboxylic acids is 1.